The molecule has 0 amide bonds. The van der Waals surface area contributed by atoms with E-state index < -0.39 is 0 Å². The van der Waals surface area contributed by atoms with Crippen molar-refractivity contribution in [2.45, 2.75) is 47.5 Å². The van der Waals surface area contributed by atoms with Crippen LogP contribution in [0.15, 0.2) is 59.7 Å². The number of hydrogen-bond acceptors (Lipinski definition) is 3. The Morgan fingerprint density at radius 2 is 2.13 bits per heavy atom. The third kappa shape index (κ3) is 5.93. The largest absolute Gasteiger partial charge is 0.347 e. The topological polar surface area (TPSA) is 39.1 Å². The Kier molecular flexibility index (Phi) is 8.17. The first-order valence-electron chi connectivity index (χ1n) is 8.52. The second-order valence-corrected chi connectivity index (χ2v) is 5.93. The van der Waals surface area contributed by atoms with Gasteiger partial charge in [-0.2, -0.15) is 0 Å². The van der Waals surface area contributed by atoms with Gasteiger partial charge in [-0.3, -0.25) is 0 Å². The van der Waals surface area contributed by atoms with E-state index in [9.17, 15) is 0 Å². The van der Waals surface area contributed by atoms with Gasteiger partial charge in [0.1, 0.15) is 5.82 Å². The van der Waals surface area contributed by atoms with Crippen LogP contribution < -0.4 is 5.32 Å². The minimum atomic E-state index is 0.299. The van der Waals surface area contributed by atoms with Gasteiger partial charge in [-0.1, -0.05) is 50.6 Å². The first-order chi connectivity index (χ1) is 11.0. The van der Waals surface area contributed by atoms with Gasteiger partial charge < -0.3 is 15.6 Å². The lowest BCUT2D eigenvalue weighted by Crippen LogP contribution is -2.20. The first kappa shape index (κ1) is 19.0. The molecule has 1 aliphatic heterocycles. The van der Waals surface area contributed by atoms with E-state index in [1.54, 1.807) is 0 Å². The van der Waals surface area contributed by atoms with Crippen LogP contribution in [0.5, 0.6) is 0 Å². The average Bonchev–Trinajstić information content (AvgIpc) is 2.98. The molecular formula is C20H31N3. The molecule has 0 saturated carbocycles. The maximum Gasteiger partial charge on any atom is 0.110 e. The number of nitrogens with one attached hydrogen (secondary N) is 2. The van der Waals surface area contributed by atoms with Crippen molar-refractivity contribution in [2.75, 3.05) is 6.54 Å². The zero-order chi connectivity index (χ0) is 17.2. The van der Waals surface area contributed by atoms with E-state index in [0.29, 0.717) is 5.92 Å². The van der Waals surface area contributed by atoms with Crippen LogP contribution in [0.1, 0.15) is 47.5 Å². The van der Waals surface area contributed by atoms with E-state index >= 15 is 0 Å². The van der Waals surface area contributed by atoms with Crippen molar-refractivity contribution in [1.29, 1.82) is 5.41 Å². The van der Waals surface area contributed by atoms with Crippen LogP contribution in [0, 0.1) is 11.3 Å². The van der Waals surface area contributed by atoms with Gasteiger partial charge in [-0.15, -0.1) is 0 Å². The Morgan fingerprint density at radius 1 is 1.39 bits per heavy atom. The Bertz CT molecular complexity index is 547. The molecule has 0 aliphatic carbocycles. The predicted octanol–water partition coefficient (Wildman–Crippen LogP) is 5.13. The monoisotopic (exact) mass is 313 g/mol. The van der Waals surface area contributed by atoms with Crippen molar-refractivity contribution in [3.63, 3.8) is 0 Å². The molecule has 0 bridgehead atoms. The summed E-state index contributed by atoms with van der Waals surface area (Å²) in [5, 5.41) is 11.6. The molecular weight excluding hydrogens is 282 g/mol. The summed E-state index contributed by atoms with van der Waals surface area (Å²) < 4.78 is 0. The Balaban J connectivity index is 2.78. The summed E-state index contributed by atoms with van der Waals surface area (Å²) in [6.07, 6.45) is 16.5. The molecule has 3 nitrogen and oxygen atoms in total. The van der Waals surface area contributed by atoms with Crippen LogP contribution in [0.2, 0.25) is 0 Å². The molecule has 0 radical (unpaired) electrons. The summed E-state index contributed by atoms with van der Waals surface area (Å²) >= 11 is 0. The summed E-state index contributed by atoms with van der Waals surface area (Å²) in [5.74, 6) is 1.38. The third-order valence-electron chi connectivity index (χ3n) is 3.97. The van der Waals surface area contributed by atoms with Crippen LogP contribution in [0.25, 0.3) is 0 Å². The Labute approximate surface area is 141 Å². The van der Waals surface area contributed by atoms with Gasteiger partial charge in [-0.05, 0) is 44.3 Å². The van der Waals surface area contributed by atoms with E-state index in [-0.39, 0.29) is 0 Å². The highest BCUT2D eigenvalue weighted by molar-refractivity contribution is 6.01. The number of nitrogens with zero attached hydrogens (tertiary/aromatic N) is 1. The predicted molar refractivity (Wildman–Crippen MR) is 101 cm³/mol. The Hall–Kier alpha value is -2.03. The molecule has 126 valence electrons. The van der Waals surface area contributed by atoms with Gasteiger partial charge in [0.15, 0.2) is 0 Å². The van der Waals surface area contributed by atoms with Crippen molar-refractivity contribution < 1.29 is 0 Å². The minimum absolute atomic E-state index is 0.299. The fraction of sp³-hybridized carbons (Fsp3) is 0.450. The third-order valence-corrected chi connectivity index (χ3v) is 3.97. The van der Waals surface area contributed by atoms with Crippen LogP contribution in [0.4, 0.5) is 0 Å². The fourth-order valence-corrected chi connectivity index (χ4v) is 2.34. The molecule has 2 N–H and O–H groups in total. The van der Waals surface area contributed by atoms with Crippen LogP contribution >= 0.6 is 0 Å². The zero-order valence-corrected chi connectivity index (χ0v) is 15.2. The van der Waals surface area contributed by atoms with Gasteiger partial charge in [0.25, 0.3) is 0 Å². The molecule has 0 aromatic carbocycles. The second-order valence-electron chi connectivity index (χ2n) is 5.93. The first-order valence-corrected chi connectivity index (χ1v) is 8.52. The van der Waals surface area contributed by atoms with E-state index in [4.69, 9.17) is 5.41 Å². The highest BCUT2D eigenvalue weighted by Gasteiger charge is 2.13. The highest BCUT2D eigenvalue weighted by Crippen LogP contribution is 2.16. The van der Waals surface area contributed by atoms with E-state index in [2.05, 4.69) is 68.4 Å². The van der Waals surface area contributed by atoms with Crippen molar-refractivity contribution >= 4 is 5.71 Å². The number of allylic oxidation sites excluding steroid dienone is 6. The van der Waals surface area contributed by atoms with Gasteiger partial charge in [0, 0.05) is 24.7 Å². The zero-order valence-electron chi connectivity index (χ0n) is 15.2. The van der Waals surface area contributed by atoms with E-state index in [1.807, 2.05) is 19.2 Å². The maximum atomic E-state index is 8.31. The molecule has 1 unspecified atom stereocenters. The SMILES string of the molecule is C/C=C(\C=C(/C)CN1C=CN/C1=C\C=C\CC)C(=N)C(C)CC. The van der Waals surface area contributed by atoms with Crippen LogP contribution in [-0.4, -0.2) is 17.2 Å². The molecule has 0 aromatic heterocycles. The maximum absolute atomic E-state index is 8.31. The molecule has 1 atom stereocenters. The van der Waals surface area contributed by atoms with E-state index in [0.717, 1.165) is 36.5 Å². The van der Waals surface area contributed by atoms with Crippen LogP contribution in [0.3, 0.4) is 0 Å². The molecule has 1 rings (SSSR count). The highest BCUT2D eigenvalue weighted by atomic mass is 15.3. The van der Waals surface area contributed by atoms with Gasteiger partial charge in [0.2, 0.25) is 0 Å². The van der Waals surface area contributed by atoms with Crippen molar-refractivity contribution in [3.8, 4) is 0 Å². The smallest absolute Gasteiger partial charge is 0.110 e. The Morgan fingerprint density at radius 3 is 2.74 bits per heavy atom. The molecule has 0 fully saturated rings. The molecule has 23 heavy (non-hydrogen) atoms. The van der Waals surface area contributed by atoms with Crippen molar-refractivity contribution in [3.05, 3.63) is 59.7 Å². The molecule has 1 heterocycles. The number of hydrogen-bond donors (Lipinski definition) is 2. The van der Waals surface area contributed by atoms with Crippen LogP contribution in [-0.2, 0) is 0 Å². The fourth-order valence-electron chi connectivity index (χ4n) is 2.34. The molecule has 0 aromatic rings. The summed E-state index contributed by atoms with van der Waals surface area (Å²) in [6, 6.07) is 0. The standard InChI is InChI=1S/C20H31N3/c1-6-9-10-11-19-22-12-13-23(19)15-16(4)14-18(8-3)20(21)17(5)7-2/h8-14,17,21-22H,6-7,15H2,1-5H3/b10-9+,16-14+,18-8+,19-11+,21-20?. The second kappa shape index (κ2) is 9.88. The lowest BCUT2D eigenvalue weighted by Gasteiger charge is -2.19. The summed E-state index contributed by atoms with van der Waals surface area (Å²) in [7, 11) is 0. The van der Waals surface area contributed by atoms with Gasteiger partial charge >= 0.3 is 0 Å². The molecule has 3 heteroatoms. The molecule has 1 aliphatic rings. The molecule has 0 saturated heterocycles. The summed E-state index contributed by atoms with van der Waals surface area (Å²) in [5.41, 5.74) is 3.00. The lowest BCUT2D eigenvalue weighted by atomic mass is 9.94. The molecule has 0 spiro atoms. The summed E-state index contributed by atoms with van der Waals surface area (Å²) in [6.45, 7) is 11.3. The quantitative estimate of drug-likeness (QED) is 0.482. The normalized spacial score (nSPS) is 18.8. The van der Waals surface area contributed by atoms with E-state index in [1.165, 1.54) is 5.57 Å². The number of rotatable bonds is 8. The van der Waals surface area contributed by atoms with Gasteiger partial charge in [0.05, 0.1) is 0 Å². The van der Waals surface area contributed by atoms with Gasteiger partial charge in [-0.25, -0.2) is 0 Å². The summed E-state index contributed by atoms with van der Waals surface area (Å²) in [4.78, 5) is 2.19. The minimum Gasteiger partial charge on any atom is -0.347 e. The average molecular weight is 313 g/mol. The lowest BCUT2D eigenvalue weighted by molar-refractivity contribution is 0.506. The van der Waals surface area contributed by atoms with Crippen molar-refractivity contribution in [2.24, 2.45) is 5.92 Å². The van der Waals surface area contributed by atoms with Crippen molar-refractivity contribution in [1.82, 2.24) is 10.2 Å².